The van der Waals surface area contributed by atoms with Crippen molar-refractivity contribution < 1.29 is 9.53 Å². The Labute approximate surface area is 219 Å². The fourth-order valence-electron chi connectivity index (χ4n) is 4.88. The van der Waals surface area contributed by atoms with Crippen LogP contribution in [0.15, 0.2) is 96.1 Å². The van der Waals surface area contributed by atoms with Gasteiger partial charge in [-0.2, -0.15) is 0 Å². The molecule has 0 bridgehead atoms. The largest absolute Gasteiger partial charge is 0.384 e. The fourth-order valence-corrected chi connectivity index (χ4v) is 4.88. The van der Waals surface area contributed by atoms with Crippen molar-refractivity contribution in [1.82, 2.24) is 9.55 Å². The lowest BCUT2D eigenvalue weighted by atomic mass is 10.0. The van der Waals surface area contributed by atoms with Gasteiger partial charge in [0.15, 0.2) is 0 Å². The Balaban J connectivity index is 1.22. The number of pyridine rings is 2. The summed E-state index contributed by atoms with van der Waals surface area (Å²) in [5.74, 6) is 0.255. The van der Waals surface area contributed by atoms with Gasteiger partial charge in [0.05, 0.1) is 19.8 Å². The number of aromatic nitrogens is 2. The number of hydrogen-bond donors (Lipinski definition) is 2. The molecule has 1 amide bonds. The Morgan fingerprint density at radius 1 is 0.974 bits per heavy atom. The Morgan fingerprint density at radius 3 is 2.76 bits per heavy atom. The van der Waals surface area contributed by atoms with Crippen molar-refractivity contribution >= 4 is 28.2 Å². The summed E-state index contributed by atoms with van der Waals surface area (Å²) in [6.07, 6.45) is 4.35. The van der Waals surface area contributed by atoms with Crippen LogP contribution in [0.1, 0.15) is 27.0 Å². The summed E-state index contributed by atoms with van der Waals surface area (Å²) in [5.41, 5.74) is 12.2. The number of fused-ring (bicyclic) bond motifs is 2. The van der Waals surface area contributed by atoms with Gasteiger partial charge in [-0.1, -0.05) is 24.3 Å². The van der Waals surface area contributed by atoms with E-state index < -0.39 is 0 Å². The SMILES string of the molecule is Nc1cc(-c2ccc3c(=O)n(Cc4cccc(C(=O)Nc5ccc6c(c5)COCC6)c4)ccc3c2)ccn1. The van der Waals surface area contributed by atoms with Gasteiger partial charge in [0.25, 0.3) is 11.5 Å². The molecule has 0 fully saturated rings. The summed E-state index contributed by atoms with van der Waals surface area (Å²) in [6, 6.07) is 24.7. The van der Waals surface area contributed by atoms with E-state index in [-0.39, 0.29) is 11.5 Å². The Morgan fingerprint density at radius 2 is 1.87 bits per heavy atom. The molecule has 188 valence electrons. The first-order valence-corrected chi connectivity index (χ1v) is 12.5. The van der Waals surface area contributed by atoms with Crippen molar-refractivity contribution in [2.24, 2.45) is 0 Å². The van der Waals surface area contributed by atoms with Gasteiger partial charge in [0.1, 0.15) is 5.82 Å². The van der Waals surface area contributed by atoms with E-state index in [4.69, 9.17) is 10.5 Å². The number of hydrogen-bond acceptors (Lipinski definition) is 5. The third kappa shape index (κ3) is 4.79. The first-order valence-electron chi connectivity index (χ1n) is 12.5. The van der Waals surface area contributed by atoms with Crippen LogP contribution in [0.4, 0.5) is 11.5 Å². The van der Waals surface area contributed by atoms with Crippen molar-refractivity contribution in [3.05, 3.63) is 124 Å². The Hall–Kier alpha value is -4.75. The number of anilines is 2. The molecule has 0 spiro atoms. The summed E-state index contributed by atoms with van der Waals surface area (Å²) < 4.78 is 7.19. The highest BCUT2D eigenvalue weighted by Crippen LogP contribution is 2.24. The maximum Gasteiger partial charge on any atom is 0.258 e. The number of carbonyl (C=O) groups is 1. The molecule has 0 atom stereocenters. The maximum absolute atomic E-state index is 13.3. The number of nitrogens with one attached hydrogen (secondary N) is 1. The van der Waals surface area contributed by atoms with Crippen LogP contribution in [0.25, 0.3) is 21.9 Å². The quantitative estimate of drug-likeness (QED) is 0.352. The monoisotopic (exact) mass is 502 g/mol. The summed E-state index contributed by atoms with van der Waals surface area (Å²) in [7, 11) is 0. The van der Waals surface area contributed by atoms with E-state index in [9.17, 15) is 9.59 Å². The van der Waals surface area contributed by atoms with Crippen LogP contribution in [0.5, 0.6) is 0 Å². The predicted molar refractivity (Wildman–Crippen MR) is 149 cm³/mol. The molecule has 3 aromatic carbocycles. The smallest absolute Gasteiger partial charge is 0.258 e. The Kier molecular flexibility index (Phi) is 6.19. The molecule has 0 unspecified atom stereocenters. The molecule has 7 nitrogen and oxygen atoms in total. The number of nitrogen functional groups attached to an aromatic ring is 1. The van der Waals surface area contributed by atoms with Gasteiger partial charge in [-0.25, -0.2) is 4.98 Å². The molecule has 7 heteroatoms. The molecule has 5 aromatic rings. The number of amides is 1. The third-order valence-corrected chi connectivity index (χ3v) is 6.87. The lowest BCUT2D eigenvalue weighted by Crippen LogP contribution is -2.20. The van der Waals surface area contributed by atoms with Crippen molar-refractivity contribution in [2.75, 3.05) is 17.7 Å². The zero-order valence-electron chi connectivity index (χ0n) is 20.7. The minimum Gasteiger partial charge on any atom is -0.384 e. The molecule has 3 N–H and O–H groups in total. The second-order valence-corrected chi connectivity index (χ2v) is 9.46. The van der Waals surface area contributed by atoms with E-state index >= 15 is 0 Å². The van der Waals surface area contributed by atoms with Crippen molar-refractivity contribution in [3.8, 4) is 11.1 Å². The minimum atomic E-state index is -0.196. The topological polar surface area (TPSA) is 99.2 Å². The van der Waals surface area contributed by atoms with Crippen LogP contribution in [0, 0.1) is 0 Å². The highest BCUT2D eigenvalue weighted by molar-refractivity contribution is 6.04. The highest BCUT2D eigenvalue weighted by Gasteiger charge is 2.13. The molecular formula is C31H26N4O3. The van der Waals surface area contributed by atoms with Crippen LogP contribution >= 0.6 is 0 Å². The molecule has 0 radical (unpaired) electrons. The van der Waals surface area contributed by atoms with Gasteiger partial charge in [-0.15, -0.1) is 0 Å². The number of benzene rings is 3. The first kappa shape index (κ1) is 23.6. The average Bonchev–Trinajstić information content (AvgIpc) is 2.94. The maximum atomic E-state index is 13.3. The van der Waals surface area contributed by atoms with Gasteiger partial charge in [-0.3, -0.25) is 9.59 Å². The molecule has 0 aliphatic carbocycles. The molecule has 0 saturated heterocycles. The number of ether oxygens (including phenoxy) is 1. The van der Waals surface area contributed by atoms with Crippen molar-refractivity contribution in [1.29, 1.82) is 0 Å². The van der Waals surface area contributed by atoms with Gasteiger partial charge >= 0.3 is 0 Å². The van der Waals surface area contributed by atoms with E-state index in [0.717, 1.165) is 46.4 Å². The van der Waals surface area contributed by atoms with Gasteiger partial charge in [-0.05, 0) is 94.2 Å². The predicted octanol–water partition coefficient (Wildman–Crippen LogP) is 5.02. The van der Waals surface area contributed by atoms with Crippen molar-refractivity contribution in [3.63, 3.8) is 0 Å². The Bertz CT molecular complexity index is 1740. The fraction of sp³-hybridized carbons (Fsp3) is 0.129. The lowest BCUT2D eigenvalue weighted by molar-refractivity contribution is 0.102. The van der Waals surface area contributed by atoms with E-state index in [1.54, 1.807) is 23.0 Å². The highest BCUT2D eigenvalue weighted by atomic mass is 16.5. The van der Waals surface area contributed by atoms with Crippen LogP contribution in [-0.4, -0.2) is 22.1 Å². The van der Waals surface area contributed by atoms with Gasteiger partial charge < -0.3 is 20.4 Å². The number of rotatable bonds is 5. The van der Waals surface area contributed by atoms with Crippen LogP contribution < -0.4 is 16.6 Å². The summed E-state index contributed by atoms with van der Waals surface area (Å²) in [4.78, 5) is 30.3. The molecule has 38 heavy (non-hydrogen) atoms. The zero-order valence-corrected chi connectivity index (χ0v) is 20.7. The molecule has 3 heterocycles. The molecular weight excluding hydrogens is 476 g/mol. The second kappa shape index (κ2) is 9.95. The van der Waals surface area contributed by atoms with E-state index in [1.807, 2.05) is 72.8 Å². The summed E-state index contributed by atoms with van der Waals surface area (Å²) in [5, 5.41) is 4.46. The standard InChI is InChI=1S/C31H26N4O3/c32-29-17-23(8-11-33-29)22-5-7-28-24(15-22)9-12-35(31(28)37)18-20-2-1-3-25(14-20)30(36)34-27-6-4-21-10-13-38-19-26(21)16-27/h1-9,11-12,14-17H,10,13,18-19H2,(H2,32,33)(H,34,36). The van der Waals surface area contributed by atoms with Gasteiger partial charge in [0, 0.05) is 29.0 Å². The molecule has 1 aliphatic heterocycles. The van der Waals surface area contributed by atoms with Gasteiger partial charge in [0.2, 0.25) is 0 Å². The number of carbonyl (C=O) groups excluding carboxylic acids is 1. The van der Waals surface area contributed by atoms with Crippen LogP contribution in [-0.2, 0) is 24.3 Å². The number of nitrogens with two attached hydrogens (primary N) is 1. The van der Waals surface area contributed by atoms with E-state index in [1.165, 1.54) is 5.56 Å². The number of nitrogens with zero attached hydrogens (tertiary/aromatic N) is 2. The minimum absolute atomic E-state index is 0.0885. The molecule has 6 rings (SSSR count). The van der Waals surface area contributed by atoms with E-state index in [0.29, 0.717) is 29.9 Å². The lowest BCUT2D eigenvalue weighted by Gasteiger charge is -2.17. The zero-order chi connectivity index (χ0) is 26.1. The van der Waals surface area contributed by atoms with Crippen molar-refractivity contribution in [2.45, 2.75) is 19.6 Å². The summed E-state index contributed by atoms with van der Waals surface area (Å²) in [6.45, 7) is 1.65. The average molecular weight is 503 g/mol. The first-order chi connectivity index (χ1) is 18.5. The van der Waals surface area contributed by atoms with E-state index in [2.05, 4.69) is 10.3 Å². The van der Waals surface area contributed by atoms with Crippen LogP contribution in [0.3, 0.4) is 0 Å². The molecule has 2 aromatic heterocycles. The third-order valence-electron chi connectivity index (χ3n) is 6.87. The second-order valence-electron chi connectivity index (χ2n) is 9.46. The van der Waals surface area contributed by atoms with Crippen LogP contribution in [0.2, 0.25) is 0 Å². The normalized spacial score (nSPS) is 12.7. The molecule has 1 aliphatic rings. The summed E-state index contributed by atoms with van der Waals surface area (Å²) >= 11 is 0. The molecule has 0 saturated carbocycles.